The molecule has 1 unspecified atom stereocenters. The van der Waals surface area contributed by atoms with Gasteiger partial charge in [-0.25, -0.2) is 14.3 Å². The number of carbonyl (C=O) groups is 1. The highest BCUT2D eigenvalue weighted by molar-refractivity contribution is 7.89. The van der Waals surface area contributed by atoms with Crippen molar-refractivity contribution in [3.05, 3.63) is 30.3 Å². The lowest BCUT2D eigenvalue weighted by atomic mass is 9.93. The average Bonchev–Trinajstić information content (AvgIpc) is 3.15. The number of carbonyl (C=O) groups excluding carboxylic acids is 1. The molecule has 192 valence electrons. The van der Waals surface area contributed by atoms with Crippen LogP contribution in [-0.4, -0.2) is 65.0 Å². The first kappa shape index (κ1) is 26.7. The Morgan fingerprint density at radius 3 is 2.51 bits per heavy atom. The summed E-state index contributed by atoms with van der Waals surface area (Å²) in [7, 11) is -0.919. The normalized spacial score (nSPS) is 18.5. The molecule has 1 saturated heterocycles. The van der Waals surface area contributed by atoms with Gasteiger partial charge in [0.25, 0.3) is 0 Å². The van der Waals surface area contributed by atoms with Crippen LogP contribution < -0.4 is 25.5 Å². The second-order valence-electron chi connectivity index (χ2n) is 8.61. The number of hydrogen-bond donors (Lipinski definition) is 3. The van der Waals surface area contributed by atoms with Gasteiger partial charge in [-0.2, -0.15) is 4.72 Å². The maximum absolute atomic E-state index is 13.5. The number of ether oxygens (including phenoxy) is 2. The number of amides is 1. The minimum Gasteiger partial charge on any atom is -0.493 e. The van der Waals surface area contributed by atoms with Gasteiger partial charge < -0.3 is 19.8 Å². The van der Waals surface area contributed by atoms with Crippen LogP contribution in [0, 0.1) is 0 Å². The minimum absolute atomic E-state index is 0.0850. The number of aliphatic imine (C=N–C) groups is 1. The highest BCUT2D eigenvalue weighted by atomic mass is 32.2. The number of methoxy groups -OCH3 is 2. The molecular formula is C24H35N5O5S. The van der Waals surface area contributed by atoms with E-state index < -0.39 is 15.6 Å². The van der Waals surface area contributed by atoms with E-state index in [2.05, 4.69) is 22.1 Å². The molecule has 11 heteroatoms. The summed E-state index contributed by atoms with van der Waals surface area (Å²) in [6, 6.07) is 8.37. The van der Waals surface area contributed by atoms with Crippen LogP contribution in [0.25, 0.3) is 10.8 Å². The van der Waals surface area contributed by atoms with Gasteiger partial charge in [-0.1, -0.05) is 19.4 Å². The summed E-state index contributed by atoms with van der Waals surface area (Å²) in [4.78, 5) is 19.4. The second-order valence-corrected chi connectivity index (χ2v) is 10.3. The van der Waals surface area contributed by atoms with Crippen molar-refractivity contribution < 1.29 is 22.7 Å². The van der Waals surface area contributed by atoms with Crippen LogP contribution in [0.3, 0.4) is 0 Å². The molecule has 0 radical (unpaired) electrons. The standard InChI is InChI=1S/C24H35N5O5S/c1-4-5-12-29-13-10-24(23(29)30,9-6-11-26-17-27-25)28-35(31,32)20-8-7-18-15-21(33-2)22(34-3)16-19(18)14-20/h7-8,14-17,28H,4-6,9-13,25H2,1-3H3,(H,26,27). The molecule has 2 aromatic carbocycles. The number of hydrazine groups is 1. The molecule has 0 bridgehead atoms. The van der Waals surface area contributed by atoms with Crippen molar-refractivity contribution >= 4 is 33.0 Å². The molecule has 0 aliphatic carbocycles. The maximum atomic E-state index is 13.5. The van der Waals surface area contributed by atoms with E-state index in [-0.39, 0.29) is 10.8 Å². The lowest BCUT2D eigenvalue weighted by Gasteiger charge is -2.29. The highest BCUT2D eigenvalue weighted by Gasteiger charge is 2.48. The Morgan fingerprint density at radius 1 is 1.14 bits per heavy atom. The molecule has 1 atom stereocenters. The lowest BCUT2D eigenvalue weighted by Crippen LogP contribution is -2.54. The summed E-state index contributed by atoms with van der Waals surface area (Å²) in [5.41, 5.74) is 1.14. The van der Waals surface area contributed by atoms with Crippen LogP contribution in [0.2, 0.25) is 0 Å². The molecule has 1 amide bonds. The predicted molar refractivity (Wildman–Crippen MR) is 136 cm³/mol. The Balaban J connectivity index is 1.91. The van der Waals surface area contributed by atoms with Crippen molar-refractivity contribution in [2.24, 2.45) is 10.8 Å². The van der Waals surface area contributed by atoms with Gasteiger partial charge in [0.1, 0.15) is 5.54 Å². The Morgan fingerprint density at radius 2 is 1.86 bits per heavy atom. The van der Waals surface area contributed by atoms with E-state index in [4.69, 9.17) is 15.3 Å². The summed E-state index contributed by atoms with van der Waals surface area (Å²) in [5, 5.41) is 1.50. The number of fused-ring (bicyclic) bond motifs is 1. The van der Waals surface area contributed by atoms with Crippen molar-refractivity contribution in [1.29, 1.82) is 0 Å². The van der Waals surface area contributed by atoms with Crippen LogP contribution in [0.5, 0.6) is 11.5 Å². The zero-order chi connectivity index (χ0) is 25.5. The molecule has 1 fully saturated rings. The van der Waals surface area contributed by atoms with Crippen molar-refractivity contribution in [2.75, 3.05) is 33.9 Å². The molecule has 10 nitrogen and oxygen atoms in total. The number of likely N-dealkylation sites (tertiary alicyclic amines) is 1. The molecular weight excluding hydrogens is 470 g/mol. The number of nitrogens with one attached hydrogen (secondary N) is 2. The second kappa shape index (κ2) is 11.7. The van der Waals surface area contributed by atoms with E-state index in [0.717, 1.165) is 18.2 Å². The summed E-state index contributed by atoms with van der Waals surface area (Å²) < 4.78 is 40.5. The van der Waals surface area contributed by atoms with E-state index in [0.29, 0.717) is 55.8 Å². The van der Waals surface area contributed by atoms with Crippen molar-refractivity contribution in [3.63, 3.8) is 0 Å². The Labute approximate surface area is 206 Å². The molecule has 0 spiro atoms. The Hall–Kier alpha value is -2.89. The molecule has 1 heterocycles. The van der Waals surface area contributed by atoms with Crippen LogP contribution in [0.1, 0.15) is 39.0 Å². The quantitative estimate of drug-likeness (QED) is 0.125. The van der Waals surface area contributed by atoms with E-state index >= 15 is 0 Å². The molecule has 0 saturated carbocycles. The number of hydrogen-bond acceptors (Lipinski definition) is 7. The van der Waals surface area contributed by atoms with E-state index in [1.165, 1.54) is 19.5 Å². The van der Waals surface area contributed by atoms with Gasteiger partial charge in [0.05, 0.1) is 25.5 Å². The molecule has 1 aliphatic rings. The fraction of sp³-hybridized carbons (Fsp3) is 0.500. The van der Waals surface area contributed by atoms with Gasteiger partial charge in [0, 0.05) is 19.6 Å². The van der Waals surface area contributed by atoms with Gasteiger partial charge >= 0.3 is 0 Å². The van der Waals surface area contributed by atoms with Crippen LogP contribution >= 0.6 is 0 Å². The third kappa shape index (κ3) is 6.03. The first-order valence-corrected chi connectivity index (χ1v) is 13.2. The van der Waals surface area contributed by atoms with Crippen molar-refractivity contribution in [2.45, 2.75) is 49.5 Å². The van der Waals surface area contributed by atoms with Gasteiger partial charge in [-0.05, 0) is 60.7 Å². The third-order valence-electron chi connectivity index (χ3n) is 6.30. The highest BCUT2D eigenvalue weighted by Crippen LogP contribution is 2.34. The SMILES string of the molecule is CCCCN1CCC(CCCN=CNN)(NS(=O)(=O)c2ccc3cc(OC)c(OC)cc3c2)C1=O. The zero-order valence-corrected chi connectivity index (χ0v) is 21.4. The average molecular weight is 506 g/mol. The monoisotopic (exact) mass is 505 g/mol. The van der Waals surface area contributed by atoms with Crippen LogP contribution in [0.15, 0.2) is 40.2 Å². The van der Waals surface area contributed by atoms with Crippen LogP contribution in [0.4, 0.5) is 0 Å². The smallest absolute Gasteiger partial charge is 0.243 e. The van der Waals surface area contributed by atoms with Gasteiger partial charge in [0.2, 0.25) is 15.9 Å². The van der Waals surface area contributed by atoms with E-state index in [1.807, 2.05) is 0 Å². The van der Waals surface area contributed by atoms with Crippen molar-refractivity contribution in [3.8, 4) is 11.5 Å². The first-order valence-electron chi connectivity index (χ1n) is 11.7. The number of unbranched alkanes of at least 4 members (excludes halogenated alkanes) is 1. The number of nitrogens with two attached hydrogens (primary N) is 1. The topological polar surface area (TPSA) is 135 Å². The summed E-state index contributed by atoms with van der Waals surface area (Å²) in [6.45, 7) is 3.62. The molecule has 1 aliphatic heterocycles. The molecule has 4 N–H and O–H groups in total. The van der Waals surface area contributed by atoms with Gasteiger partial charge in [0.15, 0.2) is 11.5 Å². The summed E-state index contributed by atoms with van der Waals surface area (Å²) >= 11 is 0. The van der Waals surface area contributed by atoms with Gasteiger partial charge in [-0.3, -0.25) is 9.79 Å². The largest absolute Gasteiger partial charge is 0.493 e. The summed E-state index contributed by atoms with van der Waals surface area (Å²) in [5.74, 6) is 6.09. The van der Waals surface area contributed by atoms with Crippen molar-refractivity contribution in [1.82, 2.24) is 15.0 Å². The van der Waals surface area contributed by atoms with E-state index in [1.54, 1.807) is 36.3 Å². The third-order valence-corrected chi connectivity index (χ3v) is 7.83. The summed E-state index contributed by atoms with van der Waals surface area (Å²) in [6.07, 6.45) is 4.48. The predicted octanol–water partition coefficient (Wildman–Crippen LogP) is 2.18. The molecule has 0 aromatic heterocycles. The minimum atomic E-state index is -3.99. The molecule has 2 aromatic rings. The van der Waals surface area contributed by atoms with Crippen LogP contribution in [-0.2, 0) is 14.8 Å². The van der Waals surface area contributed by atoms with E-state index in [9.17, 15) is 13.2 Å². The number of rotatable bonds is 13. The van der Waals surface area contributed by atoms with Gasteiger partial charge in [-0.15, -0.1) is 0 Å². The number of benzene rings is 2. The number of sulfonamides is 1. The maximum Gasteiger partial charge on any atom is 0.243 e. The molecule has 35 heavy (non-hydrogen) atoms. The molecule has 3 rings (SSSR count). The Bertz CT molecular complexity index is 1170. The first-order chi connectivity index (χ1) is 16.8. The zero-order valence-electron chi connectivity index (χ0n) is 20.5. The Kier molecular flexibility index (Phi) is 8.92. The number of nitrogens with zero attached hydrogens (tertiary/aromatic N) is 2. The fourth-order valence-electron chi connectivity index (χ4n) is 4.40. The fourth-order valence-corrected chi connectivity index (χ4v) is 5.86. The lowest BCUT2D eigenvalue weighted by molar-refractivity contribution is -0.132.